The van der Waals surface area contributed by atoms with Crippen LogP contribution in [-0.4, -0.2) is 59.0 Å². The van der Waals surface area contributed by atoms with Crippen molar-refractivity contribution in [1.82, 2.24) is 5.32 Å². The minimum Gasteiger partial charge on any atom is -0.394 e. The van der Waals surface area contributed by atoms with Crippen LogP contribution in [0.4, 0.5) is 0 Å². The van der Waals surface area contributed by atoms with Crippen LogP contribution >= 0.6 is 0 Å². The van der Waals surface area contributed by atoms with E-state index >= 15 is 0 Å². The van der Waals surface area contributed by atoms with E-state index in [9.17, 15) is 13.5 Å². The molecule has 0 aliphatic carbocycles. The molecule has 1 atom stereocenters. The normalized spacial score (nSPS) is 15.1. The Morgan fingerprint density at radius 1 is 1.31 bits per heavy atom. The number of hydrogen-bond donors (Lipinski definition) is 5. The van der Waals surface area contributed by atoms with Gasteiger partial charge in [-0.1, -0.05) is 6.92 Å². The van der Waals surface area contributed by atoms with E-state index in [1.807, 2.05) is 0 Å². The summed E-state index contributed by atoms with van der Waals surface area (Å²) < 4.78 is 29.3. The number of nitrogens with one attached hydrogen (secondary N) is 1. The van der Waals surface area contributed by atoms with Gasteiger partial charge in [-0.2, -0.15) is 8.42 Å². The fourth-order valence-corrected chi connectivity index (χ4v) is 1.67. The Balaban J connectivity index is 4.26. The molecule has 0 bridgehead atoms. The second-order valence-electron chi connectivity index (χ2n) is 3.68. The molecule has 0 aromatic rings. The van der Waals surface area contributed by atoms with Crippen LogP contribution in [0.5, 0.6) is 0 Å². The molecule has 0 radical (unpaired) electrons. The second kappa shape index (κ2) is 6.48. The van der Waals surface area contributed by atoms with E-state index in [2.05, 4.69) is 5.32 Å². The highest BCUT2D eigenvalue weighted by molar-refractivity contribution is 7.85. The van der Waals surface area contributed by atoms with Crippen molar-refractivity contribution in [1.29, 1.82) is 0 Å². The number of hydrogen-bond acceptors (Lipinski definition) is 6. The first-order valence-corrected chi connectivity index (χ1v) is 6.52. The molecule has 0 aliphatic heterocycles. The Kier molecular flexibility index (Phi) is 6.38. The quantitative estimate of drug-likeness (QED) is 0.259. The van der Waals surface area contributed by atoms with Crippen molar-refractivity contribution in [3.63, 3.8) is 0 Å². The van der Waals surface area contributed by atoms with E-state index < -0.39 is 27.6 Å². The molecule has 16 heavy (non-hydrogen) atoms. The SMILES string of the molecule is CCC(CO)(CO)NC(O)CCS(=O)(=O)O. The summed E-state index contributed by atoms with van der Waals surface area (Å²) in [5.41, 5.74) is -1.04. The van der Waals surface area contributed by atoms with E-state index in [-0.39, 0.29) is 19.6 Å². The van der Waals surface area contributed by atoms with Gasteiger partial charge in [-0.25, -0.2) is 0 Å². The largest absolute Gasteiger partial charge is 0.394 e. The molecule has 0 aromatic heterocycles. The lowest BCUT2D eigenvalue weighted by Gasteiger charge is -2.32. The maximum Gasteiger partial charge on any atom is 0.265 e. The van der Waals surface area contributed by atoms with Crippen LogP contribution in [0.25, 0.3) is 0 Å². The van der Waals surface area contributed by atoms with Gasteiger partial charge in [-0.15, -0.1) is 0 Å². The van der Waals surface area contributed by atoms with Crippen LogP contribution in [0.1, 0.15) is 19.8 Å². The van der Waals surface area contributed by atoms with Crippen molar-refractivity contribution in [3.8, 4) is 0 Å². The van der Waals surface area contributed by atoms with Gasteiger partial charge in [-0.05, 0) is 6.42 Å². The van der Waals surface area contributed by atoms with Gasteiger partial charge in [0.1, 0.15) is 6.23 Å². The first kappa shape index (κ1) is 15.8. The summed E-state index contributed by atoms with van der Waals surface area (Å²) >= 11 is 0. The van der Waals surface area contributed by atoms with Gasteiger partial charge in [-0.3, -0.25) is 9.87 Å². The summed E-state index contributed by atoms with van der Waals surface area (Å²) in [4.78, 5) is 0. The number of rotatable bonds is 8. The predicted molar refractivity (Wildman–Crippen MR) is 57.4 cm³/mol. The van der Waals surface area contributed by atoms with E-state index in [0.717, 1.165) is 0 Å². The molecule has 0 amide bonds. The lowest BCUT2D eigenvalue weighted by Crippen LogP contribution is -2.55. The zero-order valence-electron chi connectivity index (χ0n) is 9.13. The molecule has 1 unspecified atom stereocenters. The van der Waals surface area contributed by atoms with Crippen molar-refractivity contribution in [2.24, 2.45) is 0 Å². The fourth-order valence-electron chi connectivity index (χ4n) is 1.15. The Morgan fingerprint density at radius 3 is 2.12 bits per heavy atom. The molecule has 0 saturated heterocycles. The van der Waals surface area contributed by atoms with Crippen LogP contribution in [0.3, 0.4) is 0 Å². The summed E-state index contributed by atoms with van der Waals surface area (Å²) in [5, 5.41) is 30.1. The van der Waals surface area contributed by atoms with E-state index in [1.165, 1.54) is 0 Å². The van der Waals surface area contributed by atoms with Gasteiger partial charge in [0, 0.05) is 6.42 Å². The first-order chi connectivity index (χ1) is 7.28. The fraction of sp³-hybridized carbons (Fsp3) is 1.00. The average molecular weight is 257 g/mol. The van der Waals surface area contributed by atoms with Crippen molar-refractivity contribution in [3.05, 3.63) is 0 Å². The monoisotopic (exact) mass is 257 g/mol. The summed E-state index contributed by atoms with van der Waals surface area (Å²) in [6, 6.07) is 0. The Morgan fingerprint density at radius 2 is 1.81 bits per heavy atom. The van der Waals surface area contributed by atoms with Crippen LogP contribution < -0.4 is 5.32 Å². The Hall–Kier alpha value is -0.250. The molecule has 98 valence electrons. The Labute approximate surface area is 94.9 Å². The maximum atomic E-state index is 10.4. The topological polar surface area (TPSA) is 127 Å². The van der Waals surface area contributed by atoms with E-state index in [0.29, 0.717) is 6.42 Å². The third-order valence-electron chi connectivity index (χ3n) is 2.40. The lowest BCUT2D eigenvalue weighted by atomic mass is 9.98. The van der Waals surface area contributed by atoms with Crippen molar-refractivity contribution in [2.75, 3.05) is 19.0 Å². The molecule has 0 aliphatic rings. The summed E-state index contributed by atoms with van der Waals surface area (Å²) in [5.74, 6) is -0.585. The standard InChI is InChI=1S/C8H19NO6S/c1-2-8(5-10,6-11)9-7(12)3-4-16(13,14)15/h7,9-12H,2-6H2,1H3,(H,13,14,15). The summed E-state index contributed by atoms with van der Waals surface area (Å²) in [6.07, 6.45) is -1.08. The van der Waals surface area contributed by atoms with Gasteiger partial charge in [0.15, 0.2) is 0 Å². The van der Waals surface area contributed by atoms with Gasteiger partial charge in [0.2, 0.25) is 0 Å². The zero-order valence-corrected chi connectivity index (χ0v) is 9.94. The molecule has 5 N–H and O–H groups in total. The minimum atomic E-state index is -4.12. The van der Waals surface area contributed by atoms with Crippen LogP contribution in [0.15, 0.2) is 0 Å². The first-order valence-electron chi connectivity index (χ1n) is 4.91. The molecular weight excluding hydrogens is 238 g/mol. The zero-order chi connectivity index (χ0) is 12.8. The van der Waals surface area contributed by atoms with Crippen LogP contribution in [0.2, 0.25) is 0 Å². The van der Waals surface area contributed by atoms with Crippen molar-refractivity contribution in [2.45, 2.75) is 31.5 Å². The molecule has 7 nitrogen and oxygen atoms in total. The molecule has 0 aromatic carbocycles. The molecule has 8 heteroatoms. The maximum absolute atomic E-state index is 10.4. The van der Waals surface area contributed by atoms with Crippen LogP contribution in [0, 0.1) is 0 Å². The molecule has 0 rings (SSSR count). The average Bonchev–Trinajstić information content (AvgIpc) is 2.22. The lowest BCUT2D eigenvalue weighted by molar-refractivity contribution is 0.0224. The third-order valence-corrected chi connectivity index (χ3v) is 3.16. The van der Waals surface area contributed by atoms with Crippen molar-refractivity contribution < 1.29 is 28.3 Å². The smallest absolute Gasteiger partial charge is 0.265 e. The molecular formula is C8H19NO6S. The van der Waals surface area contributed by atoms with Gasteiger partial charge in [0.25, 0.3) is 10.1 Å². The summed E-state index contributed by atoms with van der Waals surface area (Å²) in [7, 11) is -4.12. The summed E-state index contributed by atoms with van der Waals surface area (Å²) in [6.45, 7) is 0.931. The molecule has 0 saturated carbocycles. The highest BCUT2D eigenvalue weighted by Gasteiger charge is 2.28. The second-order valence-corrected chi connectivity index (χ2v) is 5.26. The number of aliphatic hydroxyl groups excluding tert-OH is 3. The third kappa shape index (κ3) is 5.73. The predicted octanol–water partition coefficient (Wildman–Crippen LogP) is -1.69. The van der Waals surface area contributed by atoms with Crippen LogP contribution in [-0.2, 0) is 10.1 Å². The highest BCUT2D eigenvalue weighted by atomic mass is 32.2. The van der Waals surface area contributed by atoms with Crippen molar-refractivity contribution >= 4 is 10.1 Å². The van der Waals surface area contributed by atoms with Gasteiger partial charge in [0.05, 0.1) is 24.5 Å². The molecule has 0 fully saturated rings. The highest BCUT2D eigenvalue weighted by Crippen LogP contribution is 2.10. The van der Waals surface area contributed by atoms with E-state index in [1.54, 1.807) is 6.92 Å². The minimum absolute atomic E-state index is 0.222. The molecule has 0 heterocycles. The molecule has 0 spiro atoms. The van der Waals surface area contributed by atoms with E-state index in [4.69, 9.17) is 14.8 Å². The van der Waals surface area contributed by atoms with Gasteiger partial charge >= 0.3 is 0 Å². The van der Waals surface area contributed by atoms with Gasteiger partial charge < -0.3 is 15.3 Å². The number of aliphatic hydroxyl groups is 3. The Bertz CT molecular complexity index is 279.